The van der Waals surface area contributed by atoms with E-state index < -0.39 is 0 Å². The predicted octanol–water partition coefficient (Wildman–Crippen LogP) is 4.31. The lowest BCUT2D eigenvalue weighted by molar-refractivity contribution is -0.123. The Morgan fingerprint density at radius 3 is 2.46 bits per heavy atom. The van der Waals surface area contributed by atoms with Gasteiger partial charge in [-0.2, -0.15) is 0 Å². The molecule has 1 N–H and O–H groups in total. The summed E-state index contributed by atoms with van der Waals surface area (Å²) in [6.07, 6.45) is 0. The van der Waals surface area contributed by atoms with E-state index in [4.69, 9.17) is 9.47 Å². The van der Waals surface area contributed by atoms with Crippen LogP contribution in [0.4, 0.5) is 0 Å². The fourth-order valence-corrected chi connectivity index (χ4v) is 3.03. The second-order valence-corrected chi connectivity index (χ2v) is 6.60. The number of Topliss-reactive ketones (excluding diaryl/α,β-unsaturated/α-hetero) is 1. The van der Waals surface area contributed by atoms with Gasteiger partial charge in [-0.1, -0.05) is 36.4 Å². The minimum absolute atomic E-state index is 0.136. The van der Waals surface area contributed by atoms with Crippen molar-refractivity contribution in [2.75, 3.05) is 13.7 Å². The number of ketones is 1. The number of ether oxygens (including phenoxy) is 2. The zero-order chi connectivity index (χ0) is 20.1. The van der Waals surface area contributed by atoms with Crippen LogP contribution in [0, 0.1) is 0 Å². The number of hydrogen-bond acceptors (Lipinski definition) is 4. The van der Waals surface area contributed by atoms with Gasteiger partial charge in [0.2, 0.25) is 0 Å². The topological polar surface area (TPSA) is 64.6 Å². The summed E-state index contributed by atoms with van der Waals surface area (Å²) < 4.78 is 10.8. The molecule has 0 aliphatic heterocycles. The first-order chi connectivity index (χ1) is 13.5. The summed E-state index contributed by atoms with van der Waals surface area (Å²) in [5, 5.41) is 5.21. The Kier molecular flexibility index (Phi) is 5.94. The van der Waals surface area contributed by atoms with Crippen molar-refractivity contribution < 1.29 is 19.1 Å². The first-order valence-corrected chi connectivity index (χ1v) is 9.08. The lowest BCUT2D eigenvalue weighted by atomic mass is 10.0. The van der Waals surface area contributed by atoms with Gasteiger partial charge in [0.1, 0.15) is 11.5 Å². The Morgan fingerprint density at radius 2 is 1.75 bits per heavy atom. The smallest absolute Gasteiger partial charge is 0.258 e. The minimum atomic E-state index is -0.266. The maximum atomic E-state index is 12.3. The van der Waals surface area contributed by atoms with Gasteiger partial charge in [-0.3, -0.25) is 9.59 Å². The van der Waals surface area contributed by atoms with Crippen molar-refractivity contribution in [3.63, 3.8) is 0 Å². The van der Waals surface area contributed by atoms with Gasteiger partial charge in [-0.05, 0) is 48.4 Å². The van der Waals surface area contributed by atoms with Gasteiger partial charge in [-0.15, -0.1) is 0 Å². The molecule has 0 fully saturated rings. The molecule has 5 heteroatoms. The normalized spacial score (nSPS) is 11.7. The molecule has 28 heavy (non-hydrogen) atoms. The van der Waals surface area contributed by atoms with E-state index in [1.165, 1.54) is 14.0 Å². The number of carbonyl (C=O) groups is 2. The summed E-state index contributed by atoms with van der Waals surface area (Å²) in [6.45, 7) is 3.19. The second kappa shape index (κ2) is 8.57. The first kappa shape index (κ1) is 19.4. The third kappa shape index (κ3) is 4.49. The fraction of sp³-hybridized carbons (Fsp3) is 0.217. The van der Waals surface area contributed by atoms with Crippen LogP contribution >= 0.6 is 0 Å². The van der Waals surface area contributed by atoms with E-state index in [0.29, 0.717) is 17.1 Å². The average Bonchev–Trinajstić information content (AvgIpc) is 2.71. The van der Waals surface area contributed by atoms with Crippen molar-refractivity contribution in [1.82, 2.24) is 5.32 Å². The third-order valence-corrected chi connectivity index (χ3v) is 4.58. The molecule has 0 radical (unpaired) electrons. The Morgan fingerprint density at radius 1 is 1.00 bits per heavy atom. The summed E-state index contributed by atoms with van der Waals surface area (Å²) >= 11 is 0. The molecule has 1 atom stereocenters. The molecular weight excluding hydrogens is 354 g/mol. The quantitative estimate of drug-likeness (QED) is 0.623. The third-order valence-electron chi connectivity index (χ3n) is 4.58. The Labute approximate surface area is 164 Å². The summed E-state index contributed by atoms with van der Waals surface area (Å²) in [7, 11) is 1.53. The lowest BCUT2D eigenvalue weighted by Gasteiger charge is -2.16. The van der Waals surface area contributed by atoms with Crippen LogP contribution in [0.15, 0.2) is 60.7 Å². The molecule has 0 spiro atoms. The van der Waals surface area contributed by atoms with Crippen molar-refractivity contribution in [3.05, 3.63) is 71.8 Å². The number of fused-ring (bicyclic) bond motifs is 1. The van der Waals surface area contributed by atoms with Gasteiger partial charge in [0.15, 0.2) is 12.4 Å². The van der Waals surface area contributed by atoms with Gasteiger partial charge < -0.3 is 14.8 Å². The first-order valence-electron chi connectivity index (χ1n) is 9.08. The molecule has 0 heterocycles. The minimum Gasteiger partial charge on any atom is -0.497 e. The maximum absolute atomic E-state index is 12.3. The maximum Gasteiger partial charge on any atom is 0.258 e. The molecular formula is C23H23NO4. The predicted molar refractivity (Wildman–Crippen MR) is 109 cm³/mol. The Bertz CT molecular complexity index is 1010. The number of hydrogen-bond donors (Lipinski definition) is 1. The van der Waals surface area contributed by atoms with Crippen LogP contribution in [-0.2, 0) is 4.79 Å². The van der Waals surface area contributed by atoms with Gasteiger partial charge in [0.25, 0.3) is 5.91 Å². The van der Waals surface area contributed by atoms with E-state index in [-0.39, 0.29) is 24.3 Å². The van der Waals surface area contributed by atoms with Crippen LogP contribution in [0.3, 0.4) is 0 Å². The fourth-order valence-electron chi connectivity index (χ4n) is 3.03. The molecule has 5 nitrogen and oxygen atoms in total. The van der Waals surface area contributed by atoms with E-state index in [9.17, 15) is 9.59 Å². The highest BCUT2D eigenvalue weighted by molar-refractivity contribution is 5.97. The van der Waals surface area contributed by atoms with Gasteiger partial charge in [-0.25, -0.2) is 0 Å². The van der Waals surface area contributed by atoms with E-state index in [1.54, 1.807) is 18.2 Å². The Balaban J connectivity index is 1.66. The summed E-state index contributed by atoms with van der Waals surface area (Å²) in [5.41, 5.74) is 1.43. The van der Waals surface area contributed by atoms with Crippen molar-refractivity contribution in [2.45, 2.75) is 19.9 Å². The van der Waals surface area contributed by atoms with Crippen molar-refractivity contribution >= 4 is 22.5 Å². The summed E-state index contributed by atoms with van der Waals surface area (Å²) in [6, 6.07) is 19.0. The molecule has 0 bridgehead atoms. The standard InChI is InChI=1S/C23H23NO4/c1-15(18-9-8-17-6-4-5-7-19(17)12-18)24-23(26)14-28-22-13-20(27-3)10-11-21(22)16(2)25/h4-13,15H,14H2,1-3H3,(H,24,26). The molecule has 0 aromatic heterocycles. The number of carbonyl (C=O) groups excluding carboxylic acids is 2. The van der Waals surface area contributed by atoms with Crippen molar-refractivity contribution in [2.24, 2.45) is 0 Å². The van der Waals surface area contributed by atoms with Crippen LogP contribution in [-0.4, -0.2) is 25.4 Å². The molecule has 0 aliphatic rings. The molecule has 3 aromatic carbocycles. The van der Waals surface area contributed by atoms with Crippen LogP contribution in [0.2, 0.25) is 0 Å². The zero-order valence-electron chi connectivity index (χ0n) is 16.2. The van der Waals surface area contributed by atoms with E-state index in [2.05, 4.69) is 17.4 Å². The van der Waals surface area contributed by atoms with Crippen LogP contribution in [0.1, 0.15) is 35.8 Å². The van der Waals surface area contributed by atoms with Crippen LogP contribution < -0.4 is 14.8 Å². The van der Waals surface area contributed by atoms with Crippen molar-refractivity contribution in [3.8, 4) is 11.5 Å². The number of methoxy groups -OCH3 is 1. The molecule has 144 valence electrons. The number of benzene rings is 3. The summed E-state index contributed by atoms with van der Waals surface area (Å²) in [4.78, 5) is 24.1. The molecule has 3 rings (SSSR count). The van der Waals surface area contributed by atoms with E-state index in [1.807, 2.05) is 37.3 Å². The highest BCUT2D eigenvalue weighted by Gasteiger charge is 2.14. The molecule has 0 saturated carbocycles. The van der Waals surface area contributed by atoms with Crippen molar-refractivity contribution in [1.29, 1.82) is 0 Å². The van der Waals surface area contributed by atoms with Crippen LogP contribution in [0.25, 0.3) is 10.8 Å². The highest BCUT2D eigenvalue weighted by atomic mass is 16.5. The Hall–Kier alpha value is -3.34. The lowest BCUT2D eigenvalue weighted by Crippen LogP contribution is -2.31. The van der Waals surface area contributed by atoms with E-state index >= 15 is 0 Å². The second-order valence-electron chi connectivity index (χ2n) is 6.60. The molecule has 0 aliphatic carbocycles. The van der Waals surface area contributed by atoms with Gasteiger partial charge in [0.05, 0.1) is 18.7 Å². The van der Waals surface area contributed by atoms with Gasteiger partial charge >= 0.3 is 0 Å². The van der Waals surface area contributed by atoms with Gasteiger partial charge in [0, 0.05) is 6.07 Å². The van der Waals surface area contributed by atoms with Crippen LogP contribution in [0.5, 0.6) is 11.5 Å². The average molecular weight is 377 g/mol. The largest absolute Gasteiger partial charge is 0.497 e. The molecule has 0 saturated heterocycles. The summed E-state index contributed by atoms with van der Waals surface area (Å²) in [5.74, 6) is 0.492. The molecule has 1 unspecified atom stereocenters. The molecule has 3 aromatic rings. The highest BCUT2D eigenvalue weighted by Crippen LogP contribution is 2.25. The monoisotopic (exact) mass is 377 g/mol. The number of nitrogens with one attached hydrogen (secondary N) is 1. The molecule has 1 amide bonds. The number of rotatable bonds is 7. The van der Waals surface area contributed by atoms with E-state index in [0.717, 1.165) is 16.3 Å². The zero-order valence-corrected chi connectivity index (χ0v) is 16.2. The number of amides is 1. The SMILES string of the molecule is COc1ccc(C(C)=O)c(OCC(=O)NC(C)c2ccc3ccccc3c2)c1.